The Morgan fingerprint density at radius 1 is 1.11 bits per heavy atom. The fourth-order valence-corrected chi connectivity index (χ4v) is 3.62. The van der Waals surface area contributed by atoms with E-state index in [0.29, 0.717) is 11.0 Å². The van der Waals surface area contributed by atoms with Gasteiger partial charge in [-0.25, -0.2) is 4.39 Å². The van der Waals surface area contributed by atoms with Crippen LogP contribution in [0, 0.1) is 5.82 Å². The number of hydrogen-bond acceptors (Lipinski definition) is 3. The van der Waals surface area contributed by atoms with Crippen molar-refractivity contribution in [2.24, 2.45) is 0 Å². The molecule has 2 N–H and O–H groups in total. The first-order valence-electron chi connectivity index (χ1n) is 9.18. The third-order valence-electron chi connectivity index (χ3n) is 4.82. The second kappa shape index (κ2) is 9.44. The molecule has 2 aromatic carbocycles. The second-order valence-corrected chi connectivity index (χ2v) is 7.88. The predicted octanol–water partition coefficient (Wildman–Crippen LogP) is 3.40. The van der Waals surface area contributed by atoms with Gasteiger partial charge >= 0.3 is 0 Å². The third-order valence-corrected chi connectivity index (χ3v) is 5.43. The summed E-state index contributed by atoms with van der Waals surface area (Å²) in [5.74, 6) is -0.426. The van der Waals surface area contributed by atoms with Gasteiger partial charge < -0.3 is 10.4 Å². The van der Waals surface area contributed by atoms with Crippen molar-refractivity contribution in [1.29, 1.82) is 0 Å². The number of nitrogens with zero attached hydrogens (tertiary/aromatic N) is 1. The monoisotopic (exact) mass is 434 g/mol. The van der Waals surface area contributed by atoms with Gasteiger partial charge in [0.1, 0.15) is 5.82 Å². The second-order valence-electron chi connectivity index (χ2n) is 7.03. The molecule has 0 unspecified atom stereocenters. The zero-order valence-corrected chi connectivity index (χ0v) is 16.7. The van der Waals surface area contributed by atoms with E-state index in [-0.39, 0.29) is 24.2 Å². The highest BCUT2D eigenvalue weighted by atomic mass is 79.9. The highest BCUT2D eigenvalue weighted by Crippen LogP contribution is 2.17. The molecule has 1 amide bonds. The van der Waals surface area contributed by atoms with Crippen LogP contribution in [0.5, 0.6) is 0 Å². The van der Waals surface area contributed by atoms with Crippen LogP contribution in [0.3, 0.4) is 0 Å². The van der Waals surface area contributed by atoms with E-state index >= 15 is 0 Å². The molecular formula is C21H24BrFN2O2. The lowest BCUT2D eigenvalue weighted by molar-refractivity contribution is -0.120. The van der Waals surface area contributed by atoms with E-state index in [4.69, 9.17) is 0 Å². The molecule has 1 aliphatic rings. The van der Waals surface area contributed by atoms with Crippen LogP contribution in [0.4, 0.5) is 4.39 Å². The van der Waals surface area contributed by atoms with Crippen molar-refractivity contribution < 1.29 is 14.3 Å². The van der Waals surface area contributed by atoms with Crippen LogP contribution in [-0.2, 0) is 24.3 Å². The van der Waals surface area contributed by atoms with Crippen molar-refractivity contribution in [2.75, 3.05) is 13.1 Å². The van der Waals surface area contributed by atoms with Gasteiger partial charge in [0.15, 0.2) is 0 Å². The van der Waals surface area contributed by atoms with Crippen molar-refractivity contribution >= 4 is 21.8 Å². The third kappa shape index (κ3) is 6.13. The number of carbonyl (C=O) groups excluding carboxylic acids is 1. The molecule has 0 bridgehead atoms. The number of aliphatic hydroxyl groups excluding tert-OH is 1. The minimum Gasteiger partial charge on any atom is -0.393 e. The Morgan fingerprint density at radius 3 is 2.41 bits per heavy atom. The largest absolute Gasteiger partial charge is 0.393 e. The van der Waals surface area contributed by atoms with Crippen molar-refractivity contribution in [3.63, 3.8) is 0 Å². The molecule has 0 saturated carbocycles. The number of nitrogens with one attached hydrogen (secondary N) is 1. The number of aliphatic hydroxyl groups is 1. The quantitative estimate of drug-likeness (QED) is 0.732. The number of hydrogen-bond donors (Lipinski definition) is 2. The maximum absolute atomic E-state index is 13.2. The fraction of sp³-hybridized carbons (Fsp3) is 0.381. The standard InChI is InChI=1S/C21H24BrFN2O2/c22-19-11-17(5-6-20(19)23)12-21(27)24-13-15-1-3-16(4-2-15)14-25-9-7-18(26)8-10-25/h1-6,11,18,26H,7-10,12-14H2,(H,24,27). The molecule has 4 nitrogen and oxygen atoms in total. The highest BCUT2D eigenvalue weighted by molar-refractivity contribution is 9.10. The molecule has 1 aliphatic heterocycles. The van der Waals surface area contributed by atoms with Gasteiger partial charge in [-0.05, 0) is 57.6 Å². The first kappa shape index (κ1) is 20.0. The van der Waals surface area contributed by atoms with Gasteiger partial charge in [0, 0.05) is 26.2 Å². The number of benzene rings is 2. The average molecular weight is 435 g/mol. The summed E-state index contributed by atoms with van der Waals surface area (Å²) in [4.78, 5) is 14.4. The number of rotatable bonds is 6. The van der Waals surface area contributed by atoms with E-state index in [1.54, 1.807) is 12.1 Å². The zero-order valence-electron chi connectivity index (χ0n) is 15.1. The molecule has 0 aromatic heterocycles. The van der Waals surface area contributed by atoms with Crippen molar-refractivity contribution in [3.8, 4) is 0 Å². The van der Waals surface area contributed by atoms with Gasteiger partial charge in [-0.15, -0.1) is 0 Å². The number of carbonyl (C=O) groups is 1. The normalized spacial score (nSPS) is 15.7. The van der Waals surface area contributed by atoms with Crippen molar-refractivity contribution in [2.45, 2.75) is 38.5 Å². The molecule has 144 valence electrons. The van der Waals surface area contributed by atoms with Crippen molar-refractivity contribution in [3.05, 3.63) is 69.4 Å². The van der Waals surface area contributed by atoms with E-state index in [0.717, 1.165) is 43.6 Å². The summed E-state index contributed by atoms with van der Waals surface area (Å²) in [6.45, 7) is 3.22. The Kier molecular flexibility index (Phi) is 6.99. The van der Waals surface area contributed by atoms with Gasteiger partial charge in [0.25, 0.3) is 0 Å². The summed E-state index contributed by atoms with van der Waals surface area (Å²) in [6, 6.07) is 12.8. The lowest BCUT2D eigenvalue weighted by atomic mass is 10.1. The lowest BCUT2D eigenvalue weighted by Crippen LogP contribution is -2.35. The topological polar surface area (TPSA) is 52.6 Å². The van der Waals surface area contributed by atoms with Crippen LogP contribution in [-0.4, -0.2) is 35.1 Å². The van der Waals surface area contributed by atoms with Gasteiger partial charge in [0.2, 0.25) is 5.91 Å². The molecule has 1 saturated heterocycles. The summed E-state index contributed by atoms with van der Waals surface area (Å²) in [5.41, 5.74) is 3.04. The summed E-state index contributed by atoms with van der Waals surface area (Å²) in [7, 11) is 0. The Labute approximate surface area is 167 Å². The molecule has 6 heteroatoms. The summed E-state index contributed by atoms with van der Waals surface area (Å²) in [6.07, 6.45) is 1.75. The van der Waals surface area contributed by atoms with Gasteiger partial charge in [-0.1, -0.05) is 30.3 Å². The Balaban J connectivity index is 1.45. The number of piperidine rings is 1. The number of amides is 1. The van der Waals surface area contributed by atoms with E-state index in [2.05, 4.69) is 38.3 Å². The average Bonchev–Trinajstić information content (AvgIpc) is 2.66. The SMILES string of the molecule is O=C(Cc1ccc(F)c(Br)c1)NCc1ccc(CN2CCC(O)CC2)cc1. The highest BCUT2D eigenvalue weighted by Gasteiger charge is 2.16. The Morgan fingerprint density at radius 2 is 1.74 bits per heavy atom. The molecule has 1 fully saturated rings. The summed E-state index contributed by atoms with van der Waals surface area (Å²) < 4.78 is 13.6. The fourth-order valence-electron chi connectivity index (χ4n) is 3.20. The molecule has 0 aliphatic carbocycles. The molecule has 0 radical (unpaired) electrons. The van der Waals surface area contributed by atoms with Crippen LogP contribution in [0.25, 0.3) is 0 Å². The van der Waals surface area contributed by atoms with Gasteiger partial charge in [0.05, 0.1) is 17.0 Å². The Bertz CT molecular complexity index is 774. The zero-order chi connectivity index (χ0) is 19.2. The lowest BCUT2D eigenvalue weighted by Gasteiger charge is -2.29. The Hall–Kier alpha value is -1.76. The van der Waals surface area contributed by atoms with E-state index in [9.17, 15) is 14.3 Å². The van der Waals surface area contributed by atoms with Crippen molar-refractivity contribution in [1.82, 2.24) is 10.2 Å². The molecule has 3 rings (SSSR count). The maximum Gasteiger partial charge on any atom is 0.224 e. The van der Waals surface area contributed by atoms with Crippen LogP contribution < -0.4 is 5.32 Å². The number of likely N-dealkylation sites (tertiary alicyclic amines) is 1. The molecule has 27 heavy (non-hydrogen) atoms. The molecular weight excluding hydrogens is 411 g/mol. The molecule has 0 spiro atoms. The van der Waals surface area contributed by atoms with E-state index in [1.807, 2.05) is 12.1 Å². The van der Waals surface area contributed by atoms with Gasteiger partial charge in [-0.3, -0.25) is 9.69 Å². The van der Waals surface area contributed by atoms with Crippen LogP contribution in [0.1, 0.15) is 29.5 Å². The van der Waals surface area contributed by atoms with E-state index in [1.165, 1.54) is 11.6 Å². The molecule has 2 aromatic rings. The molecule has 0 atom stereocenters. The maximum atomic E-state index is 13.2. The summed E-state index contributed by atoms with van der Waals surface area (Å²) >= 11 is 3.13. The van der Waals surface area contributed by atoms with Crippen LogP contribution in [0.15, 0.2) is 46.9 Å². The first-order chi connectivity index (χ1) is 13.0. The smallest absolute Gasteiger partial charge is 0.224 e. The molecule has 1 heterocycles. The van der Waals surface area contributed by atoms with Crippen LogP contribution >= 0.6 is 15.9 Å². The predicted molar refractivity (Wildman–Crippen MR) is 107 cm³/mol. The first-order valence-corrected chi connectivity index (χ1v) is 9.98. The minimum atomic E-state index is -0.333. The van der Waals surface area contributed by atoms with Crippen LogP contribution in [0.2, 0.25) is 0 Å². The van der Waals surface area contributed by atoms with Gasteiger partial charge in [-0.2, -0.15) is 0 Å². The van der Waals surface area contributed by atoms with E-state index < -0.39 is 0 Å². The summed E-state index contributed by atoms with van der Waals surface area (Å²) in [5, 5.41) is 12.5. The number of halogens is 2. The minimum absolute atomic E-state index is 0.0931.